The smallest absolute Gasteiger partial charge is 0.306 e. The largest absolute Gasteiger partial charge is 0.326 e. The van der Waals surface area contributed by atoms with Crippen LogP contribution in [0.3, 0.4) is 0 Å². The van der Waals surface area contributed by atoms with Gasteiger partial charge in [-0.3, -0.25) is 13.9 Å². The molecule has 0 aliphatic rings. The molecule has 0 fully saturated rings. The Bertz CT molecular complexity index is 894. The maximum Gasteiger partial charge on any atom is 0.326 e. The van der Waals surface area contributed by atoms with Gasteiger partial charge in [-0.15, -0.1) is 0 Å². The van der Waals surface area contributed by atoms with Crippen molar-refractivity contribution in [1.82, 2.24) is 19.1 Å². The standard InChI is InChI=1S/C14H13IN4O2/c15-10-8-16-9-18(13(10)20)6-3-7-19-12-5-2-1-4-11(12)17-14(19)21/h1-2,4-5,8-9H,3,6-7H2,(H,17,21). The predicted octanol–water partition coefficient (Wildman–Crippen LogP) is 1.58. The highest BCUT2D eigenvalue weighted by molar-refractivity contribution is 14.1. The van der Waals surface area contributed by atoms with Gasteiger partial charge in [0.1, 0.15) is 0 Å². The van der Waals surface area contributed by atoms with Crippen molar-refractivity contribution < 1.29 is 0 Å². The van der Waals surface area contributed by atoms with Gasteiger partial charge in [0, 0.05) is 19.3 Å². The third-order valence-corrected chi connectivity index (χ3v) is 4.06. The predicted molar refractivity (Wildman–Crippen MR) is 88.4 cm³/mol. The summed E-state index contributed by atoms with van der Waals surface area (Å²) < 4.78 is 3.86. The van der Waals surface area contributed by atoms with Gasteiger partial charge in [0.2, 0.25) is 0 Å². The van der Waals surface area contributed by atoms with E-state index in [1.54, 1.807) is 15.3 Å². The number of nitrogens with one attached hydrogen (secondary N) is 1. The fourth-order valence-electron chi connectivity index (χ4n) is 2.31. The van der Waals surface area contributed by atoms with E-state index in [0.29, 0.717) is 23.1 Å². The molecule has 0 bridgehead atoms. The van der Waals surface area contributed by atoms with Gasteiger partial charge in [0.25, 0.3) is 5.56 Å². The van der Waals surface area contributed by atoms with Crippen LogP contribution in [0.5, 0.6) is 0 Å². The van der Waals surface area contributed by atoms with Gasteiger partial charge in [-0.1, -0.05) is 12.1 Å². The van der Waals surface area contributed by atoms with Crippen LogP contribution in [0.25, 0.3) is 11.0 Å². The Hall–Kier alpha value is -1.90. The van der Waals surface area contributed by atoms with Crippen molar-refractivity contribution in [3.8, 4) is 0 Å². The average Bonchev–Trinajstić information content (AvgIpc) is 2.80. The van der Waals surface area contributed by atoms with E-state index in [9.17, 15) is 9.59 Å². The molecule has 0 saturated heterocycles. The zero-order valence-electron chi connectivity index (χ0n) is 11.1. The summed E-state index contributed by atoms with van der Waals surface area (Å²) in [5, 5.41) is 0. The number of hydrogen-bond donors (Lipinski definition) is 1. The number of aromatic amines is 1. The number of benzene rings is 1. The topological polar surface area (TPSA) is 72.7 Å². The fourth-order valence-corrected chi connectivity index (χ4v) is 2.78. The molecule has 108 valence electrons. The Morgan fingerprint density at radius 2 is 2.00 bits per heavy atom. The molecule has 0 saturated carbocycles. The Kier molecular flexibility index (Phi) is 3.91. The molecule has 6 nitrogen and oxygen atoms in total. The van der Waals surface area contributed by atoms with Gasteiger partial charge in [-0.05, 0) is 41.1 Å². The fraction of sp³-hybridized carbons (Fsp3) is 0.214. The summed E-state index contributed by atoms with van der Waals surface area (Å²) in [5.74, 6) is 0. The van der Waals surface area contributed by atoms with E-state index < -0.39 is 0 Å². The summed E-state index contributed by atoms with van der Waals surface area (Å²) in [6, 6.07) is 7.58. The molecule has 2 aromatic heterocycles. The minimum atomic E-state index is -0.121. The normalized spacial score (nSPS) is 11.1. The van der Waals surface area contributed by atoms with E-state index in [4.69, 9.17) is 0 Å². The second kappa shape index (κ2) is 5.84. The number of aromatic nitrogens is 4. The number of halogens is 1. The van der Waals surface area contributed by atoms with Gasteiger partial charge in [-0.25, -0.2) is 9.78 Å². The van der Waals surface area contributed by atoms with Crippen LogP contribution in [0.1, 0.15) is 6.42 Å². The zero-order chi connectivity index (χ0) is 14.8. The lowest BCUT2D eigenvalue weighted by molar-refractivity contribution is 0.545. The van der Waals surface area contributed by atoms with E-state index in [0.717, 1.165) is 11.0 Å². The minimum absolute atomic E-state index is 0.0446. The van der Waals surface area contributed by atoms with E-state index in [1.165, 1.54) is 6.33 Å². The molecule has 2 heterocycles. The molecule has 0 aliphatic heterocycles. The van der Waals surface area contributed by atoms with Crippen molar-refractivity contribution in [3.63, 3.8) is 0 Å². The number of imidazole rings is 1. The van der Waals surface area contributed by atoms with Crippen molar-refractivity contribution in [2.45, 2.75) is 19.5 Å². The third-order valence-electron chi connectivity index (χ3n) is 3.32. The monoisotopic (exact) mass is 396 g/mol. The molecule has 0 aliphatic carbocycles. The van der Waals surface area contributed by atoms with Crippen LogP contribution >= 0.6 is 22.6 Å². The van der Waals surface area contributed by atoms with Crippen molar-refractivity contribution >= 4 is 33.6 Å². The molecule has 1 N–H and O–H groups in total. The van der Waals surface area contributed by atoms with E-state index in [1.807, 2.05) is 46.9 Å². The van der Waals surface area contributed by atoms with E-state index >= 15 is 0 Å². The molecular weight excluding hydrogens is 383 g/mol. The number of rotatable bonds is 4. The highest BCUT2D eigenvalue weighted by Gasteiger charge is 2.06. The Morgan fingerprint density at radius 3 is 2.86 bits per heavy atom. The van der Waals surface area contributed by atoms with Crippen LogP contribution in [0.2, 0.25) is 0 Å². The molecule has 0 unspecified atom stereocenters. The summed E-state index contributed by atoms with van der Waals surface area (Å²) in [6.07, 6.45) is 3.76. The Morgan fingerprint density at radius 1 is 1.19 bits per heavy atom. The molecule has 1 aromatic carbocycles. The lowest BCUT2D eigenvalue weighted by Crippen LogP contribution is -2.24. The first-order valence-corrected chi connectivity index (χ1v) is 7.62. The number of H-pyrrole nitrogens is 1. The third kappa shape index (κ3) is 2.78. The molecule has 7 heteroatoms. The average molecular weight is 396 g/mol. The lowest BCUT2D eigenvalue weighted by Gasteiger charge is -2.06. The van der Waals surface area contributed by atoms with Crippen LogP contribution in [0, 0.1) is 3.57 Å². The van der Waals surface area contributed by atoms with Crippen LogP contribution in [0.15, 0.2) is 46.4 Å². The number of aryl methyl sites for hydroxylation is 2. The van der Waals surface area contributed by atoms with Crippen molar-refractivity contribution in [2.75, 3.05) is 0 Å². The number of fused-ring (bicyclic) bond motifs is 1. The van der Waals surface area contributed by atoms with Crippen LogP contribution in [-0.2, 0) is 13.1 Å². The van der Waals surface area contributed by atoms with Crippen LogP contribution in [0.4, 0.5) is 0 Å². The van der Waals surface area contributed by atoms with Gasteiger partial charge in [0.15, 0.2) is 0 Å². The van der Waals surface area contributed by atoms with Crippen LogP contribution in [-0.4, -0.2) is 19.1 Å². The van der Waals surface area contributed by atoms with E-state index in [2.05, 4.69) is 9.97 Å². The molecule has 3 rings (SSSR count). The SMILES string of the molecule is O=c1c(I)cncn1CCCn1c(=O)[nH]c2ccccc21. The van der Waals surface area contributed by atoms with Gasteiger partial charge >= 0.3 is 5.69 Å². The molecule has 3 aromatic rings. The maximum absolute atomic E-state index is 11.9. The summed E-state index contributed by atoms with van der Waals surface area (Å²) in [7, 11) is 0. The molecule has 0 atom stereocenters. The Balaban J connectivity index is 1.78. The quantitative estimate of drug-likeness (QED) is 0.681. The second-order valence-electron chi connectivity index (χ2n) is 4.69. The summed E-state index contributed by atoms with van der Waals surface area (Å²) in [5.41, 5.74) is 1.55. The summed E-state index contributed by atoms with van der Waals surface area (Å²) in [6.45, 7) is 1.09. The highest BCUT2D eigenvalue weighted by Crippen LogP contribution is 2.09. The number of nitrogens with zero attached hydrogens (tertiary/aromatic N) is 3. The first-order valence-electron chi connectivity index (χ1n) is 6.54. The van der Waals surface area contributed by atoms with Gasteiger partial charge in [0.05, 0.1) is 20.9 Å². The molecule has 0 amide bonds. The first-order chi connectivity index (χ1) is 10.2. The maximum atomic E-state index is 11.9. The van der Waals surface area contributed by atoms with Crippen LogP contribution < -0.4 is 11.2 Å². The molecule has 21 heavy (non-hydrogen) atoms. The molecular formula is C14H13IN4O2. The number of para-hydroxylation sites is 2. The zero-order valence-corrected chi connectivity index (χ0v) is 13.3. The lowest BCUT2D eigenvalue weighted by atomic mass is 10.3. The minimum Gasteiger partial charge on any atom is -0.306 e. The van der Waals surface area contributed by atoms with Gasteiger partial charge < -0.3 is 4.98 Å². The highest BCUT2D eigenvalue weighted by atomic mass is 127. The van der Waals surface area contributed by atoms with Crippen molar-refractivity contribution in [3.05, 3.63) is 61.2 Å². The second-order valence-corrected chi connectivity index (χ2v) is 5.85. The van der Waals surface area contributed by atoms with Gasteiger partial charge in [-0.2, -0.15) is 0 Å². The Labute approximate surface area is 133 Å². The van der Waals surface area contributed by atoms with Crippen molar-refractivity contribution in [1.29, 1.82) is 0 Å². The van der Waals surface area contributed by atoms with E-state index in [-0.39, 0.29) is 11.2 Å². The number of hydrogen-bond acceptors (Lipinski definition) is 3. The summed E-state index contributed by atoms with van der Waals surface area (Å²) >= 11 is 1.97. The van der Waals surface area contributed by atoms with Crippen molar-refractivity contribution in [2.24, 2.45) is 0 Å². The molecule has 0 radical (unpaired) electrons. The summed E-state index contributed by atoms with van der Waals surface area (Å²) in [4.78, 5) is 30.6. The molecule has 0 spiro atoms. The first kappa shape index (κ1) is 14.1.